The Labute approximate surface area is 156 Å². The molecule has 2 aromatic carbocycles. The maximum atomic E-state index is 12.5. The molecule has 0 bridgehead atoms. The summed E-state index contributed by atoms with van der Waals surface area (Å²) >= 11 is 0. The fourth-order valence-electron chi connectivity index (χ4n) is 2.78. The van der Waals surface area contributed by atoms with E-state index in [9.17, 15) is 4.79 Å². The molecule has 2 aromatic heterocycles. The number of carbonyl (C=O) groups excluding carboxylic acids is 1. The summed E-state index contributed by atoms with van der Waals surface area (Å²) in [5.41, 5.74) is 2.84. The first-order valence-corrected chi connectivity index (χ1v) is 8.61. The molecule has 4 aromatic rings. The molecular formula is C21H18N4O2. The number of aromatic nitrogens is 3. The standard InChI is InChI=1S/C21H18N4O2/c1-15-7-5-10-17(13-15)25-20(16-8-3-2-4-9-16)23-19(24-25)21(26)22-14-18-11-6-12-27-18/h2-13H,14H2,1H3,(H,22,26). The molecule has 6 nitrogen and oxygen atoms in total. The highest BCUT2D eigenvalue weighted by Gasteiger charge is 2.18. The number of nitrogens with one attached hydrogen (secondary N) is 1. The third kappa shape index (κ3) is 3.64. The van der Waals surface area contributed by atoms with Gasteiger partial charge in [0, 0.05) is 5.56 Å². The lowest BCUT2D eigenvalue weighted by Gasteiger charge is -2.06. The van der Waals surface area contributed by atoms with Crippen LogP contribution in [0.1, 0.15) is 21.9 Å². The van der Waals surface area contributed by atoms with Crippen molar-refractivity contribution in [2.24, 2.45) is 0 Å². The smallest absolute Gasteiger partial charge is 0.291 e. The molecule has 0 spiro atoms. The molecule has 0 atom stereocenters. The summed E-state index contributed by atoms with van der Waals surface area (Å²) in [6, 6.07) is 21.2. The number of nitrogens with zero attached hydrogens (tertiary/aromatic N) is 3. The van der Waals surface area contributed by atoms with E-state index in [0.29, 0.717) is 11.6 Å². The lowest BCUT2D eigenvalue weighted by Crippen LogP contribution is -2.24. The zero-order chi connectivity index (χ0) is 18.6. The third-order valence-electron chi connectivity index (χ3n) is 4.09. The minimum atomic E-state index is -0.352. The first-order valence-electron chi connectivity index (χ1n) is 8.61. The number of carbonyl (C=O) groups is 1. The molecule has 0 aliphatic rings. The summed E-state index contributed by atoms with van der Waals surface area (Å²) in [4.78, 5) is 17.0. The molecular weight excluding hydrogens is 340 g/mol. The van der Waals surface area contributed by atoms with Gasteiger partial charge in [-0.25, -0.2) is 9.67 Å². The van der Waals surface area contributed by atoms with Gasteiger partial charge in [-0.1, -0.05) is 42.5 Å². The Morgan fingerprint density at radius 3 is 2.67 bits per heavy atom. The van der Waals surface area contributed by atoms with Gasteiger partial charge in [0.2, 0.25) is 5.82 Å². The van der Waals surface area contributed by atoms with E-state index < -0.39 is 0 Å². The van der Waals surface area contributed by atoms with Gasteiger partial charge < -0.3 is 9.73 Å². The lowest BCUT2D eigenvalue weighted by molar-refractivity contribution is 0.0937. The summed E-state index contributed by atoms with van der Waals surface area (Å²) in [6.07, 6.45) is 1.57. The van der Waals surface area contributed by atoms with E-state index in [1.54, 1.807) is 23.1 Å². The first kappa shape index (κ1) is 16.8. The second kappa shape index (κ2) is 7.29. The highest BCUT2D eigenvalue weighted by Crippen LogP contribution is 2.21. The van der Waals surface area contributed by atoms with Gasteiger partial charge in [0.1, 0.15) is 5.76 Å². The van der Waals surface area contributed by atoms with Gasteiger partial charge in [-0.15, -0.1) is 5.10 Å². The summed E-state index contributed by atoms with van der Waals surface area (Å²) < 4.78 is 6.94. The topological polar surface area (TPSA) is 73.0 Å². The van der Waals surface area contributed by atoms with Gasteiger partial charge in [-0.2, -0.15) is 0 Å². The monoisotopic (exact) mass is 358 g/mol. The van der Waals surface area contributed by atoms with E-state index >= 15 is 0 Å². The molecule has 2 heterocycles. The van der Waals surface area contributed by atoms with E-state index in [2.05, 4.69) is 15.4 Å². The van der Waals surface area contributed by atoms with Crippen molar-refractivity contribution in [3.63, 3.8) is 0 Å². The molecule has 0 saturated heterocycles. The van der Waals surface area contributed by atoms with Crippen LogP contribution < -0.4 is 5.32 Å². The minimum Gasteiger partial charge on any atom is -0.467 e. The largest absolute Gasteiger partial charge is 0.467 e. The van der Waals surface area contributed by atoms with Crippen LogP contribution in [0, 0.1) is 6.92 Å². The Morgan fingerprint density at radius 1 is 1.07 bits per heavy atom. The summed E-state index contributed by atoms with van der Waals surface area (Å²) in [5, 5.41) is 7.25. The maximum absolute atomic E-state index is 12.5. The number of hydrogen-bond acceptors (Lipinski definition) is 4. The van der Waals surface area contributed by atoms with Crippen molar-refractivity contribution in [2.75, 3.05) is 0 Å². The maximum Gasteiger partial charge on any atom is 0.291 e. The van der Waals surface area contributed by atoms with Gasteiger partial charge in [0.15, 0.2) is 5.82 Å². The molecule has 0 radical (unpaired) electrons. The Hall–Kier alpha value is -3.67. The average molecular weight is 358 g/mol. The SMILES string of the molecule is Cc1cccc(-n2nc(C(=O)NCc3ccco3)nc2-c2ccccc2)c1. The normalized spacial score (nSPS) is 10.7. The molecule has 4 rings (SSSR count). The van der Waals surface area contributed by atoms with E-state index in [-0.39, 0.29) is 18.3 Å². The van der Waals surface area contributed by atoms with E-state index in [4.69, 9.17) is 4.42 Å². The van der Waals surface area contributed by atoms with Crippen LogP contribution in [-0.2, 0) is 6.54 Å². The van der Waals surface area contributed by atoms with Crippen molar-refractivity contribution in [1.82, 2.24) is 20.1 Å². The number of amides is 1. The third-order valence-corrected chi connectivity index (χ3v) is 4.09. The number of aryl methyl sites for hydroxylation is 1. The second-order valence-electron chi connectivity index (χ2n) is 6.14. The highest BCUT2D eigenvalue weighted by molar-refractivity contribution is 5.90. The van der Waals surface area contributed by atoms with Crippen molar-refractivity contribution in [2.45, 2.75) is 13.5 Å². The van der Waals surface area contributed by atoms with Crippen LogP contribution in [0.3, 0.4) is 0 Å². The van der Waals surface area contributed by atoms with Gasteiger partial charge >= 0.3 is 0 Å². The van der Waals surface area contributed by atoms with Crippen LogP contribution in [0.4, 0.5) is 0 Å². The van der Waals surface area contributed by atoms with Crippen LogP contribution >= 0.6 is 0 Å². The number of furan rings is 1. The van der Waals surface area contributed by atoms with Gasteiger partial charge in [0.05, 0.1) is 18.5 Å². The fraction of sp³-hybridized carbons (Fsp3) is 0.0952. The number of rotatable bonds is 5. The fourth-order valence-corrected chi connectivity index (χ4v) is 2.78. The number of hydrogen-bond donors (Lipinski definition) is 1. The van der Waals surface area contributed by atoms with Crippen molar-refractivity contribution in [3.05, 3.63) is 90.1 Å². The van der Waals surface area contributed by atoms with E-state index in [1.165, 1.54) is 0 Å². The van der Waals surface area contributed by atoms with Crippen molar-refractivity contribution >= 4 is 5.91 Å². The molecule has 0 aliphatic heterocycles. The molecule has 6 heteroatoms. The van der Waals surface area contributed by atoms with Crippen LogP contribution in [0.2, 0.25) is 0 Å². The molecule has 1 N–H and O–H groups in total. The summed E-state index contributed by atoms with van der Waals surface area (Å²) in [5.74, 6) is 1.05. The molecule has 134 valence electrons. The van der Waals surface area contributed by atoms with Crippen LogP contribution in [0.15, 0.2) is 77.4 Å². The van der Waals surface area contributed by atoms with Crippen LogP contribution in [0.5, 0.6) is 0 Å². The van der Waals surface area contributed by atoms with E-state index in [1.807, 2.05) is 61.5 Å². The Morgan fingerprint density at radius 2 is 1.93 bits per heavy atom. The summed E-state index contributed by atoms with van der Waals surface area (Å²) in [6.45, 7) is 2.30. The molecule has 0 unspecified atom stereocenters. The first-order chi connectivity index (χ1) is 13.2. The summed E-state index contributed by atoms with van der Waals surface area (Å²) in [7, 11) is 0. The minimum absolute atomic E-state index is 0.113. The molecule has 0 fully saturated rings. The van der Waals surface area contributed by atoms with Crippen molar-refractivity contribution in [1.29, 1.82) is 0 Å². The second-order valence-corrected chi connectivity index (χ2v) is 6.14. The van der Waals surface area contributed by atoms with Gasteiger partial charge in [0.25, 0.3) is 5.91 Å². The Kier molecular flexibility index (Phi) is 4.53. The van der Waals surface area contributed by atoms with Crippen LogP contribution in [-0.4, -0.2) is 20.7 Å². The average Bonchev–Trinajstić information content (AvgIpc) is 3.37. The molecule has 1 amide bonds. The number of benzene rings is 2. The van der Waals surface area contributed by atoms with Crippen molar-refractivity contribution < 1.29 is 9.21 Å². The zero-order valence-corrected chi connectivity index (χ0v) is 14.8. The molecule has 0 saturated carbocycles. The quantitative estimate of drug-likeness (QED) is 0.589. The molecule has 27 heavy (non-hydrogen) atoms. The predicted octanol–water partition coefficient (Wildman–Crippen LogP) is 3.77. The predicted molar refractivity (Wildman–Crippen MR) is 101 cm³/mol. The van der Waals surface area contributed by atoms with Gasteiger partial charge in [-0.05, 0) is 36.8 Å². The van der Waals surface area contributed by atoms with Gasteiger partial charge in [-0.3, -0.25) is 4.79 Å². The van der Waals surface area contributed by atoms with Crippen molar-refractivity contribution in [3.8, 4) is 17.1 Å². The lowest BCUT2D eigenvalue weighted by atomic mass is 10.2. The highest BCUT2D eigenvalue weighted by atomic mass is 16.3. The zero-order valence-electron chi connectivity index (χ0n) is 14.8. The Balaban J connectivity index is 1.70. The van der Waals surface area contributed by atoms with Crippen LogP contribution in [0.25, 0.3) is 17.1 Å². The van der Waals surface area contributed by atoms with E-state index in [0.717, 1.165) is 16.8 Å². The Bertz CT molecular complexity index is 1050. The molecule has 0 aliphatic carbocycles.